The van der Waals surface area contributed by atoms with Gasteiger partial charge in [0.2, 0.25) is 5.91 Å². The summed E-state index contributed by atoms with van der Waals surface area (Å²) in [4.78, 5) is 12.7. The highest BCUT2D eigenvalue weighted by Gasteiger charge is 2.14. The number of anilines is 1. The fraction of sp³-hybridized carbons (Fsp3) is 0.333. The summed E-state index contributed by atoms with van der Waals surface area (Å²) in [7, 11) is 0. The maximum Gasteiger partial charge on any atom is 0.241 e. The number of hydrogen-bond donors (Lipinski definition) is 1. The second kappa shape index (κ2) is 6.19. The van der Waals surface area contributed by atoms with E-state index in [0.29, 0.717) is 6.42 Å². The number of rotatable bonds is 4. The third-order valence-electron chi connectivity index (χ3n) is 2.24. The third-order valence-corrected chi connectivity index (χ3v) is 2.98. The highest BCUT2D eigenvalue weighted by atomic mass is 32.2. The Morgan fingerprint density at radius 3 is 2.56 bits per heavy atom. The van der Waals surface area contributed by atoms with Gasteiger partial charge in [-0.1, -0.05) is 6.92 Å². The van der Waals surface area contributed by atoms with Crippen molar-refractivity contribution in [3.05, 3.63) is 24.3 Å². The van der Waals surface area contributed by atoms with Crippen LogP contribution in [0.4, 0.5) is 5.69 Å². The molecule has 0 aliphatic rings. The first-order valence-electron chi connectivity index (χ1n) is 5.05. The smallest absolute Gasteiger partial charge is 0.241 e. The van der Waals surface area contributed by atoms with Gasteiger partial charge in [0.25, 0.3) is 0 Å². The molecule has 0 saturated heterocycles. The number of hydrogen-bond acceptors (Lipinski definition) is 3. The van der Waals surface area contributed by atoms with Crippen LogP contribution in [0.1, 0.15) is 13.3 Å². The molecule has 1 aromatic rings. The summed E-state index contributed by atoms with van der Waals surface area (Å²) in [5.41, 5.74) is 0.733. The van der Waals surface area contributed by atoms with Crippen molar-refractivity contribution >= 4 is 23.4 Å². The molecule has 0 spiro atoms. The molecule has 0 heterocycles. The van der Waals surface area contributed by atoms with Crippen molar-refractivity contribution < 1.29 is 4.79 Å². The predicted molar refractivity (Wildman–Crippen MR) is 66.2 cm³/mol. The summed E-state index contributed by atoms with van der Waals surface area (Å²) in [5.74, 6) is -0.804. The Hall–Kier alpha value is -1.47. The van der Waals surface area contributed by atoms with Crippen LogP contribution in [0.25, 0.3) is 0 Å². The lowest BCUT2D eigenvalue weighted by Crippen LogP contribution is -2.20. The van der Waals surface area contributed by atoms with E-state index >= 15 is 0 Å². The van der Waals surface area contributed by atoms with E-state index in [0.717, 1.165) is 10.6 Å². The Labute approximate surface area is 99.8 Å². The van der Waals surface area contributed by atoms with E-state index in [9.17, 15) is 4.79 Å². The van der Waals surface area contributed by atoms with Gasteiger partial charge in [-0.25, -0.2) is 0 Å². The topological polar surface area (TPSA) is 52.9 Å². The normalized spacial score (nSPS) is 11.6. The van der Waals surface area contributed by atoms with Gasteiger partial charge in [-0.15, -0.1) is 11.8 Å². The molecule has 0 aromatic heterocycles. The molecule has 0 bridgehead atoms. The average molecular weight is 234 g/mol. The number of carbonyl (C=O) groups is 1. The molecule has 4 heteroatoms. The minimum absolute atomic E-state index is 0.234. The summed E-state index contributed by atoms with van der Waals surface area (Å²) < 4.78 is 0. The number of amides is 1. The zero-order chi connectivity index (χ0) is 12.0. The lowest BCUT2D eigenvalue weighted by atomic mass is 10.1. The second-order valence-electron chi connectivity index (χ2n) is 3.31. The Kier molecular flexibility index (Phi) is 4.87. The maximum atomic E-state index is 11.6. The molecule has 16 heavy (non-hydrogen) atoms. The van der Waals surface area contributed by atoms with Gasteiger partial charge in [-0.2, -0.15) is 5.26 Å². The molecule has 1 N–H and O–H groups in total. The number of nitrogens with one attached hydrogen (secondary N) is 1. The van der Waals surface area contributed by atoms with Gasteiger partial charge in [0.1, 0.15) is 5.92 Å². The molecule has 0 saturated carbocycles. The van der Waals surface area contributed by atoms with Crippen molar-refractivity contribution in [1.29, 1.82) is 5.26 Å². The molecular formula is C12H14N2OS. The monoisotopic (exact) mass is 234 g/mol. The van der Waals surface area contributed by atoms with Crippen molar-refractivity contribution in [2.24, 2.45) is 5.92 Å². The van der Waals surface area contributed by atoms with Gasteiger partial charge < -0.3 is 5.32 Å². The van der Waals surface area contributed by atoms with Gasteiger partial charge in [0.05, 0.1) is 6.07 Å². The van der Waals surface area contributed by atoms with E-state index in [-0.39, 0.29) is 5.91 Å². The lowest BCUT2D eigenvalue weighted by Gasteiger charge is -2.08. The Balaban J connectivity index is 2.66. The Bertz CT molecular complexity index is 394. The molecule has 0 aliphatic carbocycles. The first-order chi connectivity index (χ1) is 7.71. The van der Waals surface area contributed by atoms with Gasteiger partial charge in [0.15, 0.2) is 0 Å². The fourth-order valence-electron chi connectivity index (χ4n) is 1.24. The summed E-state index contributed by atoms with van der Waals surface area (Å²) in [6, 6.07) is 9.54. The van der Waals surface area contributed by atoms with Crippen molar-refractivity contribution in [3.8, 4) is 6.07 Å². The van der Waals surface area contributed by atoms with Gasteiger partial charge in [-0.05, 0) is 36.9 Å². The van der Waals surface area contributed by atoms with Crippen LogP contribution in [0.3, 0.4) is 0 Å². The standard InChI is InChI=1S/C12H14N2OS/c1-3-9(8-13)12(15)14-10-4-6-11(16-2)7-5-10/h4-7,9H,3H2,1-2H3,(H,14,15). The lowest BCUT2D eigenvalue weighted by molar-refractivity contribution is -0.118. The minimum Gasteiger partial charge on any atom is -0.325 e. The molecule has 3 nitrogen and oxygen atoms in total. The molecule has 1 unspecified atom stereocenters. The molecule has 1 atom stereocenters. The van der Waals surface area contributed by atoms with E-state index in [1.807, 2.05) is 43.5 Å². The van der Waals surface area contributed by atoms with Crippen LogP contribution in [0, 0.1) is 17.2 Å². The number of thioether (sulfide) groups is 1. The summed E-state index contributed by atoms with van der Waals surface area (Å²) >= 11 is 1.65. The number of nitriles is 1. The Morgan fingerprint density at radius 1 is 1.50 bits per heavy atom. The Morgan fingerprint density at radius 2 is 2.12 bits per heavy atom. The highest BCUT2D eigenvalue weighted by molar-refractivity contribution is 7.98. The van der Waals surface area contributed by atoms with Crippen LogP contribution in [0.2, 0.25) is 0 Å². The van der Waals surface area contributed by atoms with E-state index in [2.05, 4.69) is 5.32 Å². The summed E-state index contributed by atoms with van der Waals surface area (Å²) in [6.45, 7) is 1.82. The second-order valence-corrected chi connectivity index (χ2v) is 4.19. The fourth-order valence-corrected chi connectivity index (χ4v) is 1.65. The molecule has 1 rings (SSSR count). The van der Waals surface area contributed by atoms with Crippen LogP contribution < -0.4 is 5.32 Å². The molecule has 0 aliphatic heterocycles. The number of benzene rings is 1. The van der Waals surface area contributed by atoms with Gasteiger partial charge >= 0.3 is 0 Å². The predicted octanol–water partition coefficient (Wildman–Crippen LogP) is 2.90. The van der Waals surface area contributed by atoms with Crippen molar-refractivity contribution in [2.45, 2.75) is 18.2 Å². The van der Waals surface area contributed by atoms with Crippen LogP contribution in [0.5, 0.6) is 0 Å². The van der Waals surface area contributed by atoms with Crippen LogP contribution in [-0.2, 0) is 4.79 Å². The van der Waals surface area contributed by atoms with Crippen molar-refractivity contribution in [3.63, 3.8) is 0 Å². The van der Waals surface area contributed by atoms with Gasteiger partial charge in [-0.3, -0.25) is 4.79 Å². The maximum absolute atomic E-state index is 11.6. The summed E-state index contributed by atoms with van der Waals surface area (Å²) in [6.07, 6.45) is 2.53. The highest BCUT2D eigenvalue weighted by Crippen LogP contribution is 2.18. The van der Waals surface area contributed by atoms with E-state index in [1.165, 1.54) is 0 Å². The van der Waals surface area contributed by atoms with Gasteiger partial charge in [0, 0.05) is 10.6 Å². The van der Waals surface area contributed by atoms with Crippen LogP contribution >= 0.6 is 11.8 Å². The summed E-state index contributed by atoms with van der Waals surface area (Å²) in [5, 5.41) is 11.5. The van der Waals surface area contributed by atoms with E-state index < -0.39 is 5.92 Å². The zero-order valence-electron chi connectivity index (χ0n) is 9.36. The minimum atomic E-state index is -0.569. The first-order valence-corrected chi connectivity index (χ1v) is 6.28. The largest absolute Gasteiger partial charge is 0.325 e. The third kappa shape index (κ3) is 3.28. The number of carbonyl (C=O) groups excluding carboxylic acids is 1. The zero-order valence-corrected chi connectivity index (χ0v) is 10.2. The van der Waals surface area contributed by atoms with Crippen LogP contribution in [0.15, 0.2) is 29.2 Å². The molecule has 84 valence electrons. The average Bonchev–Trinajstić information content (AvgIpc) is 2.31. The van der Waals surface area contributed by atoms with Crippen molar-refractivity contribution in [1.82, 2.24) is 0 Å². The molecule has 0 radical (unpaired) electrons. The molecule has 1 aromatic carbocycles. The molecule has 1 amide bonds. The number of nitrogens with zero attached hydrogens (tertiary/aromatic N) is 1. The van der Waals surface area contributed by atoms with E-state index in [4.69, 9.17) is 5.26 Å². The quantitative estimate of drug-likeness (QED) is 0.815. The van der Waals surface area contributed by atoms with Crippen molar-refractivity contribution in [2.75, 3.05) is 11.6 Å². The van der Waals surface area contributed by atoms with E-state index in [1.54, 1.807) is 11.8 Å². The first kappa shape index (κ1) is 12.6. The molecule has 0 fully saturated rings. The van der Waals surface area contributed by atoms with Crippen LogP contribution in [-0.4, -0.2) is 12.2 Å². The molecular weight excluding hydrogens is 220 g/mol. The SMILES string of the molecule is CCC(C#N)C(=O)Nc1ccc(SC)cc1.